The number of benzene rings is 1. The molecule has 2 fully saturated rings. The Morgan fingerprint density at radius 2 is 2.14 bits per heavy atom. The minimum Gasteiger partial charge on any atom is -0.353 e. The van der Waals surface area contributed by atoms with E-state index >= 15 is 0 Å². The summed E-state index contributed by atoms with van der Waals surface area (Å²) in [5, 5.41) is 6.41. The van der Waals surface area contributed by atoms with Gasteiger partial charge in [-0.05, 0) is 24.5 Å². The molecular formula is C15H18ClN3O2. The van der Waals surface area contributed by atoms with Crippen molar-refractivity contribution in [1.29, 1.82) is 0 Å². The molecule has 1 aromatic rings. The highest BCUT2D eigenvalue weighted by atomic mass is 35.5. The minimum absolute atomic E-state index is 0.0357. The molecule has 0 aromatic heterocycles. The van der Waals surface area contributed by atoms with Gasteiger partial charge >= 0.3 is 6.03 Å². The second-order valence-electron chi connectivity index (χ2n) is 5.69. The summed E-state index contributed by atoms with van der Waals surface area (Å²) >= 11 is 6.26. The number of urea groups is 1. The van der Waals surface area contributed by atoms with Gasteiger partial charge in [0.1, 0.15) is 6.54 Å². The Kier molecular flexibility index (Phi) is 3.76. The predicted octanol–water partition coefficient (Wildman–Crippen LogP) is 1.51. The Hall–Kier alpha value is -1.75. The zero-order valence-electron chi connectivity index (χ0n) is 11.7. The van der Waals surface area contributed by atoms with Gasteiger partial charge in [-0.2, -0.15) is 0 Å². The molecule has 1 saturated heterocycles. The number of amides is 3. The van der Waals surface area contributed by atoms with Gasteiger partial charge in [-0.3, -0.25) is 4.79 Å². The van der Waals surface area contributed by atoms with Gasteiger partial charge in [-0.15, -0.1) is 0 Å². The fourth-order valence-corrected chi connectivity index (χ4v) is 3.09. The van der Waals surface area contributed by atoms with Gasteiger partial charge in [0.05, 0.1) is 0 Å². The van der Waals surface area contributed by atoms with Crippen LogP contribution in [0, 0.1) is 0 Å². The van der Waals surface area contributed by atoms with Crippen LogP contribution in [0.1, 0.15) is 18.4 Å². The van der Waals surface area contributed by atoms with Crippen molar-refractivity contribution in [3.05, 3.63) is 34.9 Å². The fourth-order valence-electron chi connectivity index (χ4n) is 2.75. The van der Waals surface area contributed by atoms with Crippen molar-refractivity contribution in [2.75, 3.05) is 26.2 Å². The maximum Gasteiger partial charge on any atom is 0.317 e. The molecular weight excluding hydrogens is 290 g/mol. The van der Waals surface area contributed by atoms with Crippen LogP contribution >= 0.6 is 11.6 Å². The number of hydrogen-bond acceptors (Lipinski definition) is 2. The second kappa shape index (κ2) is 5.56. The van der Waals surface area contributed by atoms with Crippen LogP contribution in [-0.2, 0) is 10.2 Å². The first-order chi connectivity index (χ1) is 10.1. The van der Waals surface area contributed by atoms with E-state index in [0.717, 1.165) is 23.4 Å². The van der Waals surface area contributed by atoms with Crippen molar-refractivity contribution >= 4 is 23.5 Å². The van der Waals surface area contributed by atoms with Crippen LogP contribution in [-0.4, -0.2) is 43.0 Å². The van der Waals surface area contributed by atoms with Gasteiger partial charge in [0.15, 0.2) is 0 Å². The molecule has 1 aromatic carbocycles. The van der Waals surface area contributed by atoms with Crippen molar-refractivity contribution in [2.24, 2.45) is 0 Å². The van der Waals surface area contributed by atoms with Crippen LogP contribution in [0.15, 0.2) is 24.3 Å². The van der Waals surface area contributed by atoms with Gasteiger partial charge in [0, 0.05) is 30.1 Å². The van der Waals surface area contributed by atoms with Gasteiger partial charge in [-0.25, -0.2) is 4.79 Å². The van der Waals surface area contributed by atoms with E-state index in [-0.39, 0.29) is 23.9 Å². The largest absolute Gasteiger partial charge is 0.353 e. The molecule has 1 heterocycles. The van der Waals surface area contributed by atoms with Gasteiger partial charge < -0.3 is 15.5 Å². The van der Waals surface area contributed by atoms with Crippen molar-refractivity contribution in [3.63, 3.8) is 0 Å². The smallest absolute Gasteiger partial charge is 0.317 e. The number of nitrogens with zero attached hydrogens (tertiary/aromatic N) is 1. The van der Waals surface area contributed by atoms with Crippen LogP contribution in [0.3, 0.4) is 0 Å². The quantitative estimate of drug-likeness (QED) is 0.889. The van der Waals surface area contributed by atoms with Crippen LogP contribution in [0.2, 0.25) is 5.02 Å². The highest BCUT2D eigenvalue weighted by Crippen LogP contribution is 2.49. The molecule has 5 nitrogen and oxygen atoms in total. The molecule has 1 aliphatic carbocycles. The molecule has 21 heavy (non-hydrogen) atoms. The lowest BCUT2D eigenvalue weighted by atomic mass is 9.96. The average Bonchev–Trinajstić information content (AvgIpc) is 3.26. The summed E-state index contributed by atoms with van der Waals surface area (Å²) in [6.07, 6.45) is 2.05. The molecule has 0 spiro atoms. The topological polar surface area (TPSA) is 61.4 Å². The maximum atomic E-state index is 12.1. The van der Waals surface area contributed by atoms with Crippen LogP contribution in [0.4, 0.5) is 4.79 Å². The van der Waals surface area contributed by atoms with Crippen LogP contribution in [0.25, 0.3) is 0 Å². The molecule has 2 N–H and O–H groups in total. The Balaban J connectivity index is 1.61. The first-order valence-electron chi connectivity index (χ1n) is 7.15. The van der Waals surface area contributed by atoms with Gasteiger partial charge in [0.2, 0.25) is 5.91 Å². The third kappa shape index (κ3) is 2.97. The number of piperazine rings is 1. The number of carbonyl (C=O) groups is 2. The van der Waals surface area contributed by atoms with Crippen LogP contribution < -0.4 is 10.6 Å². The molecule has 1 saturated carbocycles. The molecule has 0 unspecified atom stereocenters. The second-order valence-corrected chi connectivity index (χ2v) is 6.10. The van der Waals surface area contributed by atoms with E-state index in [1.165, 1.54) is 0 Å². The molecule has 3 amide bonds. The summed E-state index contributed by atoms with van der Waals surface area (Å²) in [4.78, 5) is 25.0. The number of hydrogen-bond donors (Lipinski definition) is 2. The van der Waals surface area contributed by atoms with E-state index in [9.17, 15) is 9.59 Å². The molecule has 6 heteroatoms. The summed E-state index contributed by atoms with van der Waals surface area (Å²) in [6, 6.07) is 7.61. The number of halogens is 1. The third-order valence-electron chi connectivity index (χ3n) is 4.20. The van der Waals surface area contributed by atoms with E-state index in [1.54, 1.807) is 4.90 Å². The Bertz CT molecular complexity index is 572. The first kappa shape index (κ1) is 14.2. The maximum absolute atomic E-state index is 12.1. The first-order valence-corrected chi connectivity index (χ1v) is 7.53. The summed E-state index contributed by atoms with van der Waals surface area (Å²) in [5.74, 6) is -0.108. The summed E-state index contributed by atoms with van der Waals surface area (Å²) in [6.45, 7) is 1.76. The Morgan fingerprint density at radius 1 is 1.38 bits per heavy atom. The SMILES string of the molecule is O=C1CN(C(=O)NCC2(c3ccccc3Cl)CC2)CCN1. The van der Waals surface area contributed by atoms with Crippen molar-refractivity contribution in [3.8, 4) is 0 Å². The van der Waals surface area contributed by atoms with Gasteiger partial charge in [0.25, 0.3) is 0 Å². The predicted molar refractivity (Wildman–Crippen MR) is 80.3 cm³/mol. The monoisotopic (exact) mass is 307 g/mol. The van der Waals surface area contributed by atoms with E-state index in [4.69, 9.17) is 11.6 Å². The van der Waals surface area contributed by atoms with E-state index < -0.39 is 0 Å². The Labute approximate surface area is 128 Å². The molecule has 3 rings (SSSR count). The number of carbonyl (C=O) groups excluding carboxylic acids is 2. The fraction of sp³-hybridized carbons (Fsp3) is 0.467. The molecule has 0 atom stereocenters. The molecule has 112 valence electrons. The lowest BCUT2D eigenvalue weighted by molar-refractivity contribution is -0.123. The van der Waals surface area contributed by atoms with Gasteiger partial charge in [-0.1, -0.05) is 29.8 Å². The van der Waals surface area contributed by atoms with Crippen molar-refractivity contribution < 1.29 is 9.59 Å². The molecule has 1 aliphatic heterocycles. The van der Waals surface area contributed by atoms with Crippen molar-refractivity contribution in [2.45, 2.75) is 18.3 Å². The highest BCUT2D eigenvalue weighted by molar-refractivity contribution is 6.31. The lowest BCUT2D eigenvalue weighted by Crippen LogP contribution is -2.53. The number of nitrogens with one attached hydrogen (secondary N) is 2. The van der Waals surface area contributed by atoms with Crippen LogP contribution in [0.5, 0.6) is 0 Å². The van der Waals surface area contributed by atoms with E-state index in [0.29, 0.717) is 19.6 Å². The van der Waals surface area contributed by atoms with Crippen molar-refractivity contribution in [1.82, 2.24) is 15.5 Å². The summed E-state index contributed by atoms with van der Waals surface area (Å²) < 4.78 is 0. The van der Waals surface area contributed by atoms with E-state index in [2.05, 4.69) is 10.6 Å². The normalized spacial score (nSPS) is 19.9. The Morgan fingerprint density at radius 3 is 2.81 bits per heavy atom. The summed E-state index contributed by atoms with van der Waals surface area (Å²) in [7, 11) is 0. The minimum atomic E-state index is -0.178. The molecule has 2 aliphatic rings. The van der Waals surface area contributed by atoms with E-state index in [1.807, 2.05) is 24.3 Å². The highest BCUT2D eigenvalue weighted by Gasteiger charge is 2.45. The zero-order chi connectivity index (χ0) is 14.9. The molecule has 0 bridgehead atoms. The average molecular weight is 308 g/mol. The molecule has 0 radical (unpaired) electrons. The third-order valence-corrected chi connectivity index (χ3v) is 4.53. The number of rotatable bonds is 3. The summed E-state index contributed by atoms with van der Waals surface area (Å²) in [5.41, 5.74) is 1.06. The standard InChI is InChI=1S/C15H18ClN3O2/c16-12-4-2-1-3-11(12)15(5-6-15)10-18-14(21)19-8-7-17-13(20)9-19/h1-4H,5-10H2,(H,17,20)(H,18,21). The lowest BCUT2D eigenvalue weighted by Gasteiger charge is -2.28. The zero-order valence-corrected chi connectivity index (χ0v) is 12.4.